The number of benzene rings is 1. The molecule has 0 atom stereocenters. The first-order chi connectivity index (χ1) is 7.19. The normalized spacial score (nSPS) is 8.87. The van der Waals surface area contributed by atoms with Crippen LogP contribution < -0.4 is 5.32 Å². The SMILES string of the molecule is CC.CNC(=O)c1ccc(SC)c(F)c1. The smallest absolute Gasteiger partial charge is 0.251 e. The van der Waals surface area contributed by atoms with Crippen molar-refractivity contribution in [2.24, 2.45) is 0 Å². The van der Waals surface area contributed by atoms with Crippen LogP contribution in [0, 0.1) is 5.82 Å². The molecule has 0 fully saturated rings. The number of thioether (sulfide) groups is 1. The zero-order chi connectivity index (χ0) is 11.8. The summed E-state index contributed by atoms with van der Waals surface area (Å²) in [6, 6.07) is 4.45. The molecule has 0 aliphatic carbocycles. The molecule has 0 radical (unpaired) electrons. The Hall–Kier alpha value is -1.03. The summed E-state index contributed by atoms with van der Waals surface area (Å²) in [5.41, 5.74) is 0.345. The Labute approximate surface area is 94.3 Å². The van der Waals surface area contributed by atoms with Crippen molar-refractivity contribution in [1.29, 1.82) is 0 Å². The minimum atomic E-state index is -0.353. The summed E-state index contributed by atoms with van der Waals surface area (Å²) in [6.07, 6.45) is 1.79. The molecule has 2 nitrogen and oxygen atoms in total. The Morgan fingerprint density at radius 3 is 2.40 bits per heavy atom. The van der Waals surface area contributed by atoms with Gasteiger partial charge in [0.15, 0.2) is 0 Å². The highest BCUT2D eigenvalue weighted by atomic mass is 32.2. The fraction of sp³-hybridized carbons (Fsp3) is 0.364. The average molecular weight is 229 g/mol. The molecule has 1 N–H and O–H groups in total. The van der Waals surface area contributed by atoms with E-state index in [1.54, 1.807) is 18.4 Å². The van der Waals surface area contributed by atoms with E-state index in [0.29, 0.717) is 10.5 Å². The van der Waals surface area contributed by atoms with Crippen LogP contribution in [0.15, 0.2) is 23.1 Å². The van der Waals surface area contributed by atoms with Crippen molar-refractivity contribution in [1.82, 2.24) is 5.32 Å². The first kappa shape index (κ1) is 14.0. The zero-order valence-electron chi connectivity index (χ0n) is 9.43. The lowest BCUT2D eigenvalue weighted by Gasteiger charge is -2.02. The molecule has 0 heterocycles. The van der Waals surface area contributed by atoms with Gasteiger partial charge in [0.25, 0.3) is 5.91 Å². The lowest BCUT2D eigenvalue weighted by Crippen LogP contribution is -2.17. The molecule has 0 bridgehead atoms. The predicted molar refractivity (Wildman–Crippen MR) is 62.9 cm³/mol. The molecule has 0 aromatic heterocycles. The predicted octanol–water partition coefficient (Wildman–Crippen LogP) is 2.93. The van der Waals surface area contributed by atoms with Gasteiger partial charge in [0, 0.05) is 17.5 Å². The van der Waals surface area contributed by atoms with Crippen molar-refractivity contribution < 1.29 is 9.18 Å². The van der Waals surface area contributed by atoms with Crippen molar-refractivity contribution in [2.75, 3.05) is 13.3 Å². The van der Waals surface area contributed by atoms with Crippen molar-refractivity contribution in [3.05, 3.63) is 29.6 Å². The second-order valence-electron chi connectivity index (χ2n) is 2.43. The van der Waals surface area contributed by atoms with Crippen LogP contribution in [0.4, 0.5) is 4.39 Å². The maximum Gasteiger partial charge on any atom is 0.251 e. The Kier molecular flexibility index (Phi) is 6.79. The van der Waals surface area contributed by atoms with Gasteiger partial charge in [-0.1, -0.05) is 13.8 Å². The highest BCUT2D eigenvalue weighted by Gasteiger charge is 2.06. The fourth-order valence-corrected chi connectivity index (χ4v) is 1.41. The Bertz CT molecular complexity index is 328. The van der Waals surface area contributed by atoms with Crippen LogP contribution >= 0.6 is 11.8 Å². The van der Waals surface area contributed by atoms with E-state index in [0.717, 1.165) is 0 Å². The molecule has 0 saturated carbocycles. The highest BCUT2D eigenvalue weighted by molar-refractivity contribution is 7.98. The van der Waals surface area contributed by atoms with Gasteiger partial charge in [-0.2, -0.15) is 0 Å². The zero-order valence-corrected chi connectivity index (χ0v) is 10.2. The third-order valence-electron chi connectivity index (χ3n) is 1.64. The van der Waals surface area contributed by atoms with Gasteiger partial charge in [-0.3, -0.25) is 4.79 Å². The summed E-state index contributed by atoms with van der Waals surface area (Å²) in [5, 5.41) is 2.43. The largest absolute Gasteiger partial charge is 0.355 e. The van der Waals surface area contributed by atoms with E-state index in [-0.39, 0.29) is 11.7 Å². The fourth-order valence-electron chi connectivity index (χ4n) is 0.952. The third kappa shape index (κ3) is 3.91. The molecule has 0 unspecified atom stereocenters. The lowest BCUT2D eigenvalue weighted by atomic mass is 10.2. The number of hydrogen-bond donors (Lipinski definition) is 1. The van der Waals surface area contributed by atoms with E-state index >= 15 is 0 Å². The Morgan fingerprint density at radius 2 is 2.00 bits per heavy atom. The summed E-state index contributed by atoms with van der Waals surface area (Å²) in [5.74, 6) is -0.625. The summed E-state index contributed by atoms with van der Waals surface area (Å²) in [6.45, 7) is 4.00. The van der Waals surface area contributed by atoms with E-state index in [1.807, 2.05) is 13.8 Å². The number of carbonyl (C=O) groups is 1. The van der Waals surface area contributed by atoms with Crippen LogP contribution in [0.5, 0.6) is 0 Å². The molecule has 4 heteroatoms. The first-order valence-corrected chi connectivity index (χ1v) is 5.97. The molecule has 0 saturated heterocycles. The van der Waals surface area contributed by atoms with Gasteiger partial charge >= 0.3 is 0 Å². The summed E-state index contributed by atoms with van der Waals surface area (Å²) in [4.78, 5) is 11.6. The monoisotopic (exact) mass is 229 g/mol. The van der Waals surface area contributed by atoms with Crippen molar-refractivity contribution >= 4 is 17.7 Å². The van der Waals surface area contributed by atoms with Gasteiger partial charge < -0.3 is 5.32 Å². The standard InChI is InChI=1S/C9H10FNOS.C2H6/c1-11-9(12)6-3-4-8(13-2)7(10)5-6;1-2/h3-5H,1-2H3,(H,11,12);1-2H3. The van der Waals surface area contributed by atoms with Gasteiger partial charge in [-0.05, 0) is 24.5 Å². The van der Waals surface area contributed by atoms with Crippen LogP contribution in [-0.4, -0.2) is 19.2 Å². The minimum Gasteiger partial charge on any atom is -0.355 e. The second kappa shape index (κ2) is 7.29. The first-order valence-electron chi connectivity index (χ1n) is 4.74. The van der Waals surface area contributed by atoms with E-state index in [2.05, 4.69) is 5.32 Å². The van der Waals surface area contributed by atoms with E-state index in [4.69, 9.17) is 0 Å². The molecular formula is C11H16FNOS. The minimum absolute atomic E-state index is 0.272. The second-order valence-corrected chi connectivity index (χ2v) is 3.28. The Morgan fingerprint density at radius 1 is 1.40 bits per heavy atom. The van der Waals surface area contributed by atoms with Gasteiger partial charge in [-0.15, -0.1) is 11.8 Å². The molecule has 84 valence electrons. The van der Waals surface area contributed by atoms with Gasteiger partial charge in [0.2, 0.25) is 0 Å². The van der Waals surface area contributed by atoms with Gasteiger partial charge in [0.1, 0.15) is 5.82 Å². The molecule has 0 aliphatic heterocycles. The topological polar surface area (TPSA) is 29.1 Å². The number of amides is 1. The van der Waals surface area contributed by atoms with Crippen LogP contribution in [0.3, 0.4) is 0 Å². The molecule has 1 aromatic rings. The van der Waals surface area contributed by atoms with Crippen LogP contribution in [0.2, 0.25) is 0 Å². The number of rotatable bonds is 2. The van der Waals surface area contributed by atoms with E-state index < -0.39 is 0 Å². The lowest BCUT2D eigenvalue weighted by molar-refractivity contribution is 0.0962. The molecular weight excluding hydrogens is 213 g/mol. The summed E-state index contributed by atoms with van der Waals surface area (Å²) in [7, 11) is 1.52. The average Bonchev–Trinajstić information content (AvgIpc) is 2.30. The maximum atomic E-state index is 13.1. The van der Waals surface area contributed by atoms with Gasteiger partial charge in [0.05, 0.1) is 0 Å². The molecule has 1 aromatic carbocycles. The van der Waals surface area contributed by atoms with E-state index in [1.165, 1.54) is 24.9 Å². The summed E-state index contributed by atoms with van der Waals surface area (Å²) >= 11 is 1.32. The third-order valence-corrected chi connectivity index (χ3v) is 2.41. The van der Waals surface area contributed by atoms with Crippen molar-refractivity contribution in [3.63, 3.8) is 0 Å². The maximum absolute atomic E-state index is 13.1. The molecule has 1 amide bonds. The van der Waals surface area contributed by atoms with Crippen LogP contribution in [0.1, 0.15) is 24.2 Å². The molecule has 15 heavy (non-hydrogen) atoms. The number of carbonyl (C=O) groups excluding carboxylic acids is 1. The van der Waals surface area contributed by atoms with Crippen LogP contribution in [0.25, 0.3) is 0 Å². The number of hydrogen-bond acceptors (Lipinski definition) is 2. The van der Waals surface area contributed by atoms with Crippen LogP contribution in [-0.2, 0) is 0 Å². The number of nitrogens with one attached hydrogen (secondary N) is 1. The number of halogens is 1. The quantitative estimate of drug-likeness (QED) is 0.790. The molecule has 0 aliphatic rings. The Balaban J connectivity index is 0.000000921. The highest BCUT2D eigenvalue weighted by Crippen LogP contribution is 2.19. The summed E-state index contributed by atoms with van der Waals surface area (Å²) < 4.78 is 13.1. The molecule has 0 spiro atoms. The molecule has 1 rings (SSSR count). The van der Waals surface area contributed by atoms with Crippen molar-refractivity contribution in [2.45, 2.75) is 18.7 Å². The van der Waals surface area contributed by atoms with Crippen molar-refractivity contribution in [3.8, 4) is 0 Å². The van der Waals surface area contributed by atoms with Gasteiger partial charge in [-0.25, -0.2) is 4.39 Å². The van der Waals surface area contributed by atoms with E-state index in [9.17, 15) is 9.18 Å².